The molecule has 2 N–H and O–H groups in total. The summed E-state index contributed by atoms with van der Waals surface area (Å²) in [6.07, 6.45) is 1.60. The van der Waals surface area contributed by atoms with Crippen LogP contribution >= 0.6 is 34.8 Å². The van der Waals surface area contributed by atoms with Crippen molar-refractivity contribution in [1.29, 1.82) is 0 Å². The first-order valence-corrected chi connectivity index (χ1v) is 9.26. The summed E-state index contributed by atoms with van der Waals surface area (Å²) < 4.78 is 12.1. The molecule has 0 saturated carbocycles. The van der Waals surface area contributed by atoms with E-state index in [1.165, 1.54) is 0 Å². The predicted molar refractivity (Wildman–Crippen MR) is 108 cm³/mol. The number of carbonyl (C=O) groups is 1. The molecule has 28 heavy (non-hydrogen) atoms. The zero-order valence-corrected chi connectivity index (χ0v) is 16.5. The first-order valence-electron chi connectivity index (χ1n) is 8.12. The lowest BCUT2D eigenvalue weighted by atomic mass is 10.2. The summed E-state index contributed by atoms with van der Waals surface area (Å²) in [4.78, 5) is 12.3. The summed E-state index contributed by atoms with van der Waals surface area (Å²) in [6.45, 7) is 0.539. The van der Waals surface area contributed by atoms with Crippen molar-refractivity contribution in [2.24, 2.45) is 0 Å². The highest BCUT2D eigenvalue weighted by atomic mass is 35.5. The maximum atomic E-state index is 12.3. The maximum Gasteiger partial charge on any atom is 0.324 e. The first-order chi connectivity index (χ1) is 13.5. The number of carbonyl (C=O) groups excluding carboxylic acids is 1. The molecule has 0 fully saturated rings. The van der Waals surface area contributed by atoms with Gasteiger partial charge in [0.2, 0.25) is 6.79 Å². The first kappa shape index (κ1) is 18.7. The van der Waals surface area contributed by atoms with Gasteiger partial charge in [0.1, 0.15) is 5.02 Å². The Bertz CT molecular complexity index is 1050. The summed E-state index contributed by atoms with van der Waals surface area (Å²) in [5.74, 6) is 1.43. The van der Waals surface area contributed by atoms with Crippen LogP contribution in [0, 0.1) is 0 Å². The summed E-state index contributed by atoms with van der Waals surface area (Å²) >= 11 is 18.3. The molecule has 0 spiro atoms. The molecular weight excluding hydrogens is 427 g/mol. The van der Waals surface area contributed by atoms with Crippen LogP contribution in [0.4, 0.5) is 16.3 Å². The second kappa shape index (κ2) is 7.79. The van der Waals surface area contributed by atoms with E-state index in [9.17, 15) is 4.79 Å². The van der Waals surface area contributed by atoms with E-state index in [-0.39, 0.29) is 12.6 Å². The number of fused-ring (bicyclic) bond motifs is 1. The molecule has 2 amide bonds. The van der Waals surface area contributed by atoms with Crippen LogP contribution in [0.5, 0.6) is 11.5 Å². The number of amides is 2. The van der Waals surface area contributed by atoms with Crippen LogP contribution in [0.3, 0.4) is 0 Å². The van der Waals surface area contributed by atoms with Gasteiger partial charge in [0.25, 0.3) is 0 Å². The van der Waals surface area contributed by atoms with Crippen LogP contribution in [0.2, 0.25) is 15.1 Å². The van der Waals surface area contributed by atoms with E-state index in [1.54, 1.807) is 47.3 Å². The van der Waals surface area contributed by atoms with E-state index >= 15 is 0 Å². The standard InChI is InChI=1S/C18H13Cl3N4O3/c19-11-2-1-10(13(20)5-11)7-25-8-14(21)17(24-25)23-18(26)22-12-3-4-15-16(6-12)28-9-27-15/h1-6,8H,7,9H2,(H2,22,23,24,26). The monoisotopic (exact) mass is 438 g/mol. The molecule has 0 bridgehead atoms. The van der Waals surface area contributed by atoms with Crippen molar-refractivity contribution in [3.63, 3.8) is 0 Å². The summed E-state index contributed by atoms with van der Waals surface area (Å²) in [5.41, 5.74) is 1.37. The number of halogens is 3. The molecule has 144 valence electrons. The van der Waals surface area contributed by atoms with Gasteiger partial charge in [0, 0.05) is 28.0 Å². The zero-order valence-electron chi connectivity index (χ0n) is 14.2. The number of nitrogens with one attached hydrogen (secondary N) is 2. The van der Waals surface area contributed by atoms with E-state index in [4.69, 9.17) is 44.3 Å². The number of hydrogen-bond donors (Lipinski definition) is 2. The van der Waals surface area contributed by atoms with E-state index < -0.39 is 6.03 Å². The number of hydrogen-bond acceptors (Lipinski definition) is 4. The fourth-order valence-corrected chi connectivity index (χ4v) is 3.30. The Hall–Kier alpha value is -2.61. The third kappa shape index (κ3) is 4.11. The number of ether oxygens (including phenoxy) is 2. The van der Waals surface area contributed by atoms with Crippen molar-refractivity contribution in [2.45, 2.75) is 6.54 Å². The second-order valence-electron chi connectivity index (χ2n) is 5.91. The third-order valence-electron chi connectivity index (χ3n) is 3.93. The number of nitrogens with zero attached hydrogens (tertiary/aromatic N) is 2. The van der Waals surface area contributed by atoms with Crippen molar-refractivity contribution >= 4 is 52.3 Å². The average Bonchev–Trinajstić information content (AvgIpc) is 3.23. The Labute approximate surface area is 175 Å². The van der Waals surface area contributed by atoms with Crippen LogP contribution in [-0.2, 0) is 6.54 Å². The fraction of sp³-hybridized carbons (Fsp3) is 0.111. The highest BCUT2D eigenvalue weighted by molar-refractivity contribution is 6.35. The molecule has 0 unspecified atom stereocenters. The molecule has 2 aromatic carbocycles. The Morgan fingerprint density at radius 3 is 2.68 bits per heavy atom. The van der Waals surface area contributed by atoms with Crippen LogP contribution in [-0.4, -0.2) is 22.6 Å². The lowest BCUT2D eigenvalue weighted by Crippen LogP contribution is -2.20. The van der Waals surface area contributed by atoms with Crippen molar-refractivity contribution in [1.82, 2.24) is 9.78 Å². The van der Waals surface area contributed by atoms with Gasteiger partial charge in [0.05, 0.1) is 6.54 Å². The van der Waals surface area contributed by atoms with E-state index in [1.807, 2.05) is 0 Å². The highest BCUT2D eigenvalue weighted by Gasteiger charge is 2.16. The Morgan fingerprint density at radius 1 is 1.04 bits per heavy atom. The quantitative estimate of drug-likeness (QED) is 0.581. The summed E-state index contributed by atoms with van der Waals surface area (Å²) in [6, 6.07) is 9.80. The number of benzene rings is 2. The maximum absolute atomic E-state index is 12.3. The minimum Gasteiger partial charge on any atom is -0.454 e. The number of urea groups is 1. The Balaban J connectivity index is 1.42. The van der Waals surface area contributed by atoms with E-state index in [2.05, 4.69) is 15.7 Å². The van der Waals surface area contributed by atoms with E-state index in [0.717, 1.165) is 5.56 Å². The van der Waals surface area contributed by atoms with Crippen LogP contribution in [0.1, 0.15) is 5.56 Å². The van der Waals surface area contributed by atoms with Gasteiger partial charge >= 0.3 is 6.03 Å². The van der Waals surface area contributed by atoms with Crippen molar-refractivity contribution in [3.05, 3.63) is 63.2 Å². The highest BCUT2D eigenvalue weighted by Crippen LogP contribution is 2.34. The minimum atomic E-state index is -0.490. The molecule has 0 radical (unpaired) electrons. The zero-order chi connectivity index (χ0) is 19.7. The van der Waals surface area contributed by atoms with Gasteiger partial charge in [-0.2, -0.15) is 5.10 Å². The lowest BCUT2D eigenvalue weighted by Gasteiger charge is -2.07. The lowest BCUT2D eigenvalue weighted by molar-refractivity contribution is 0.174. The molecule has 7 nitrogen and oxygen atoms in total. The van der Waals surface area contributed by atoms with Crippen LogP contribution < -0.4 is 20.1 Å². The second-order valence-corrected chi connectivity index (χ2v) is 7.16. The van der Waals surface area contributed by atoms with Gasteiger partial charge in [-0.3, -0.25) is 10.00 Å². The van der Waals surface area contributed by atoms with Gasteiger partial charge in [-0.1, -0.05) is 40.9 Å². The molecule has 1 aliphatic heterocycles. The normalized spacial score (nSPS) is 12.1. The van der Waals surface area contributed by atoms with Crippen molar-refractivity contribution in [3.8, 4) is 11.5 Å². The van der Waals surface area contributed by atoms with Crippen molar-refractivity contribution in [2.75, 3.05) is 17.4 Å². The van der Waals surface area contributed by atoms with Gasteiger partial charge in [-0.15, -0.1) is 0 Å². The number of rotatable bonds is 4. The van der Waals surface area contributed by atoms with Crippen LogP contribution in [0.15, 0.2) is 42.6 Å². The molecule has 0 atom stereocenters. The predicted octanol–water partition coefficient (Wildman–Crippen LogP) is 5.26. The van der Waals surface area contributed by atoms with E-state index in [0.29, 0.717) is 38.8 Å². The fourth-order valence-electron chi connectivity index (χ4n) is 2.63. The molecule has 0 saturated heterocycles. The molecular formula is C18H13Cl3N4O3. The summed E-state index contributed by atoms with van der Waals surface area (Å²) in [5, 5.41) is 11.0. The average molecular weight is 440 g/mol. The largest absolute Gasteiger partial charge is 0.454 e. The molecule has 0 aliphatic carbocycles. The van der Waals surface area contributed by atoms with Gasteiger partial charge in [-0.25, -0.2) is 4.79 Å². The van der Waals surface area contributed by atoms with Gasteiger partial charge < -0.3 is 14.8 Å². The Kier molecular flexibility index (Phi) is 5.21. The molecule has 10 heteroatoms. The summed E-state index contributed by atoms with van der Waals surface area (Å²) in [7, 11) is 0. The molecule has 1 aromatic heterocycles. The molecule has 2 heterocycles. The molecule has 3 aromatic rings. The smallest absolute Gasteiger partial charge is 0.324 e. The SMILES string of the molecule is O=C(Nc1ccc2c(c1)OCO2)Nc1nn(Cc2ccc(Cl)cc2Cl)cc1Cl. The Morgan fingerprint density at radius 2 is 1.86 bits per heavy atom. The number of anilines is 2. The third-order valence-corrected chi connectivity index (χ3v) is 4.79. The van der Waals surface area contributed by atoms with Crippen molar-refractivity contribution < 1.29 is 14.3 Å². The molecule has 4 rings (SSSR count). The number of aromatic nitrogens is 2. The van der Waals surface area contributed by atoms with Gasteiger partial charge in [-0.05, 0) is 29.8 Å². The molecule has 1 aliphatic rings. The topological polar surface area (TPSA) is 77.4 Å². The van der Waals surface area contributed by atoms with Crippen LogP contribution in [0.25, 0.3) is 0 Å². The van der Waals surface area contributed by atoms with Gasteiger partial charge in [0.15, 0.2) is 17.3 Å². The minimum absolute atomic E-state index is 0.162.